The quantitative estimate of drug-likeness (QED) is 0.638. The van der Waals surface area contributed by atoms with Crippen molar-refractivity contribution in [1.29, 1.82) is 0 Å². The van der Waals surface area contributed by atoms with E-state index < -0.39 is 0 Å². The molecular formula is C7H11BrN2O. The van der Waals surface area contributed by atoms with Crippen LogP contribution in [0.1, 0.15) is 13.3 Å². The molecule has 1 rings (SSSR count). The zero-order valence-corrected chi connectivity index (χ0v) is 8.10. The first kappa shape index (κ1) is 8.71. The Morgan fingerprint density at radius 3 is 3.00 bits per heavy atom. The van der Waals surface area contributed by atoms with Gasteiger partial charge in [0.1, 0.15) is 5.84 Å². The van der Waals surface area contributed by atoms with Crippen molar-refractivity contribution in [2.45, 2.75) is 13.3 Å². The van der Waals surface area contributed by atoms with Gasteiger partial charge in [0.2, 0.25) is 5.91 Å². The molecule has 0 bridgehead atoms. The summed E-state index contributed by atoms with van der Waals surface area (Å²) in [6, 6.07) is 0. The second kappa shape index (κ2) is 3.85. The Balaban J connectivity index is 2.48. The second-order valence-corrected chi connectivity index (χ2v) is 3.21. The summed E-state index contributed by atoms with van der Waals surface area (Å²) in [6.07, 6.45) is 0.562. The number of amidine groups is 1. The van der Waals surface area contributed by atoms with E-state index in [0.717, 1.165) is 24.3 Å². The van der Waals surface area contributed by atoms with Crippen LogP contribution in [0.3, 0.4) is 0 Å². The molecule has 0 fully saturated rings. The molecule has 0 aromatic heterocycles. The molecule has 0 spiro atoms. The van der Waals surface area contributed by atoms with Crippen molar-refractivity contribution in [3.63, 3.8) is 0 Å². The van der Waals surface area contributed by atoms with Gasteiger partial charge in [0.25, 0.3) is 0 Å². The highest BCUT2D eigenvalue weighted by atomic mass is 79.9. The maximum Gasteiger partial charge on any atom is 0.228 e. The minimum Gasteiger partial charge on any atom is -0.299 e. The molecule has 1 aliphatic heterocycles. The monoisotopic (exact) mass is 218 g/mol. The first-order valence-electron chi connectivity index (χ1n) is 3.63. The van der Waals surface area contributed by atoms with Crippen LogP contribution >= 0.6 is 15.9 Å². The summed E-state index contributed by atoms with van der Waals surface area (Å²) >= 11 is 3.23. The van der Waals surface area contributed by atoms with Gasteiger partial charge >= 0.3 is 0 Å². The summed E-state index contributed by atoms with van der Waals surface area (Å²) in [5, 5.41) is 0.732. The molecule has 3 nitrogen and oxygen atoms in total. The third-order valence-electron chi connectivity index (χ3n) is 1.66. The van der Waals surface area contributed by atoms with Crippen LogP contribution in [-0.2, 0) is 4.79 Å². The fraction of sp³-hybridized carbons (Fsp3) is 0.714. The fourth-order valence-electron chi connectivity index (χ4n) is 1.08. The molecule has 11 heavy (non-hydrogen) atoms. The average Bonchev–Trinajstić information content (AvgIpc) is 2.36. The number of hydrogen-bond acceptors (Lipinski definition) is 2. The molecule has 0 radical (unpaired) electrons. The lowest BCUT2D eigenvalue weighted by Gasteiger charge is -2.14. The SMILES string of the molecule is CC1=NCCN1C(=O)CCBr. The molecule has 0 N–H and O–H groups in total. The summed E-state index contributed by atoms with van der Waals surface area (Å²) < 4.78 is 0. The van der Waals surface area contributed by atoms with Crippen molar-refractivity contribution in [3.8, 4) is 0 Å². The van der Waals surface area contributed by atoms with Crippen LogP contribution in [-0.4, -0.2) is 35.1 Å². The molecular weight excluding hydrogens is 208 g/mol. The number of hydrogen-bond donors (Lipinski definition) is 0. The lowest BCUT2D eigenvalue weighted by atomic mass is 10.4. The molecule has 0 unspecified atom stereocenters. The smallest absolute Gasteiger partial charge is 0.228 e. The van der Waals surface area contributed by atoms with E-state index in [1.54, 1.807) is 4.90 Å². The van der Waals surface area contributed by atoms with Gasteiger partial charge in [-0.05, 0) is 6.92 Å². The van der Waals surface area contributed by atoms with E-state index >= 15 is 0 Å². The molecule has 1 amide bonds. The van der Waals surface area contributed by atoms with Crippen molar-refractivity contribution in [3.05, 3.63) is 0 Å². The fourth-order valence-corrected chi connectivity index (χ4v) is 1.42. The van der Waals surface area contributed by atoms with Crippen LogP contribution in [0.15, 0.2) is 4.99 Å². The summed E-state index contributed by atoms with van der Waals surface area (Å²) in [5.74, 6) is 1.02. The summed E-state index contributed by atoms with van der Waals surface area (Å²) in [7, 11) is 0. The summed E-state index contributed by atoms with van der Waals surface area (Å²) in [6.45, 7) is 3.40. The highest BCUT2D eigenvalue weighted by molar-refractivity contribution is 9.09. The minimum atomic E-state index is 0.167. The Morgan fingerprint density at radius 1 is 1.82 bits per heavy atom. The highest BCUT2D eigenvalue weighted by Gasteiger charge is 2.18. The van der Waals surface area contributed by atoms with Crippen molar-refractivity contribution in [1.82, 2.24) is 4.90 Å². The zero-order valence-electron chi connectivity index (χ0n) is 6.51. The number of halogens is 1. The van der Waals surface area contributed by atoms with E-state index in [1.165, 1.54) is 0 Å². The number of rotatable bonds is 2. The zero-order chi connectivity index (χ0) is 8.27. The van der Waals surface area contributed by atoms with Crippen LogP contribution in [0.5, 0.6) is 0 Å². The first-order valence-corrected chi connectivity index (χ1v) is 4.75. The van der Waals surface area contributed by atoms with Crippen molar-refractivity contribution in [2.75, 3.05) is 18.4 Å². The van der Waals surface area contributed by atoms with E-state index in [0.29, 0.717) is 6.42 Å². The Kier molecular flexibility index (Phi) is 3.05. The van der Waals surface area contributed by atoms with Crippen molar-refractivity contribution >= 4 is 27.7 Å². The highest BCUT2D eigenvalue weighted by Crippen LogP contribution is 2.04. The number of alkyl halides is 1. The molecule has 0 aromatic carbocycles. The molecule has 0 saturated carbocycles. The Morgan fingerprint density at radius 2 is 2.55 bits per heavy atom. The maximum absolute atomic E-state index is 11.3. The standard InChI is InChI=1S/C7H11BrN2O/c1-6-9-4-5-10(6)7(11)2-3-8/h2-5H2,1H3. The molecule has 62 valence electrons. The number of carbonyl (C=O) groups excluding carboxylic acids is 1. The van der Waals surface area contributed by atoms with Gasteiger partial charge in [0.15, 0.2) is 0 Å². The van der Waals surface area contributed by atoms with E-state index in [4.69, 9.17) is 0 Å². The topological polar surface area (TPSA) is 32.7 Å². The molecule has 1 aliphatic rings. The summed E-state index contributed by atoms with van der Waals surface area (Å²) in [5.41, 5.74) is 0. The van der Waals surface area contributed by atoms with E-state index in [-0.39, 0.29) is 5.91 Å². The van der Waals surface area contributed by atoms with Crippen LogP contribution in [0, 0.1) is 0 Å². The number of nitrogens with zero attached hydrogens (tertiary/aromatic N) is 2. The maximum atomic E-state index is 11.3. The molecule has 0 aromatic rings. The van der Waals surface area contributed by atoms with Gasteiger partial charge in [-0.1, -0.05) is 15.9 Å². The largest absolute Gasteiger partial charge is 0.299 e. The van der Waals surface area contributed by atoms with Gasteiger partial charge < -0.3 is 0 Å². The van der Waals surface area contributed by atoms with Crippen LogP contribution < -0.4 is 0 Å². The molecule has 0 aliphatic carbocycles. The predicted molar refractivity (Wildman–Crippen MR) is 48.1 cm³/mol. The molecule has 4 heteroatoms. The number of aliphatic imine (C=N–C) groups is 1. The lowest BCUT2D eigenvalue weighted by Crippen LogP contribution is -2.32. The van der Waals surface area contributed by atoms with Crippen LogP contribution in [0.25, 0.3) is 0 Å². The van der Waals surface area contributed by atoms with Gasteiger partial charge in [-0.2, -0.15) is 0 Å². The van der Waals surface area contributed by atoms with Crippen molar-refractivity contribution < 1.29 is 4.79 Å². The van der Waals surface area contributed by atoms with Gasteiger partial charge in [0.05, 0.1) is 6.54 Å². The third-order valence-corrected chi connectivity index (χ3v) is 2.06. The average molecular weight is 219 g/mol. The molecule has 0 atom stereocenters. The van der Waals surface area contributed by atoms with E-state index in [9.17, 15) is 4.79 Å². The van der Waals surface area contributed by atoms with E-state index in [2.05, 4.69) is 20.9 Å². The van der Waals surface area contributed by atoms with Crippen LogP contribution in [0.4, 0.5) is 0 Å². The normalized spacial score (nSPS) is 16.9. The number of amides is 1. The predicted octanol–water partition coefficient (Wildman–Crippen LogP) is 1.03. The first-order chi connectivity index (χ1) is 5.25. The van der Waals surface area contributed by atoms with Gasteiger partial charge in [-0.15, -0.1) is 0 Å². The number of carbonyl (C=O) groups is 1. The second-order valence-electron chi connectivity index (χ2n) is 2.41. The molecule has 1 heterocycles. The Hall–Kier alpha value is -0.380. The minimum absolute atomic E-state index is 0.167. The van der Waals surface area contributed by atoms with Crippen LogP contribution in [0.2, 0.25) is 0 Å². The van der Waals surface area contributed by atoms with Gasteiger partial charge in [0, 0.05) is 18.3 Å². The Bertz CT molecular complexity index is 191. The van der Waals surface area contributed by atoms with Crippen molar-refractivity contribution in [2.24, 2.45) is 4.99 Å². The van der Waals surface area contributed by atoms with Gasteiger partial charge in [-0.3, -0.25) is 14.7 Å². The van der Waals surface area contributed by atoms with E-state index in [1.807, 2.05) is 6.92 Å². The molecule has 0 saturated heterocycles. The summed E-state index contributed by atoms with van der Waals surface area (Å²) in [4.78, 5) is 17.1. The Labute approximate surface area is 74.6 Å². The lowest BCUT2D eigenvalue weighted by molar-refractivity contribution is -0.126. The third kappa shape index (κ3) is 2.02. The van der Waals surface area contributed by atoms with Gasteiger partial charge in [-0.25, -0.2) is 0 Å².